The molecule has 0 aromatic heterocycles. The van der Waals surface area contributed by atoms with Gasteiger partial charge in [-0.2, -0.15) is 0 Å². The summed E-state index contributed by atoms with van der Waals surface area (Å²) in [4.78, 5) is 26.6. The predicted octanol–water partition coefficient (Wildman–Crippen LogP) is 2.74. The summed E-state index contributed by atoms with van der Waals surface area (Å²) in [5.74, 6) is -0.0100. The molecule has 1 aliphatic rings. The molecule has 25 heavy (non-hydrogen) atoms. The molecule has 1 aromatic carbocycles. The van der Waals surface area contributed by atoms with Gasteiger partial charge in [0.2, 0.25) is 0 Å². The van der Waals surface area contributed by atoms with E-state index in [2.05, 4.69) is 0 Å². The van der Waals surface area contributed by atoms with Crippen LogP contribution in [0.1, 0.15) is 33.3 Å². The van der Waals surface area contributed by atoms with Crippen molar-refractivity contribution in [3.63, 3.8) is 0 Å². The fraction of sp³-hybridized carbons (Fsp3) is 0.556. The monoisotopic (exact) mass is 350 g/mol. The molecule has 0 spiro atoms. The van der Waals surface area contributed by atoms with Crippen molar-refractivity contribution in [2.24, 2.45) is 5.92 Å². The Labute approximate surface area is 147 Å². The van der Waals surface area contributed by atoms with Crippen molar-refractivity contribution in [3.8, 4) is 0 Å². The number of aliphatic hydroxyl groups excluding tert-OH is 1. The van der Waals surface area contributed by atoms with Crippen molar-refractivity contribution in [3.05, 3.63) is 35.9 Å². The highest BCUT2D eigenvalue weighted by atomic mass is 16.6. The van der Waals surface area contributed by atoms with Crippen molar-refractivity contribution >= 4 is 12.1 Å². The quantitative estimate of drug-likeness (QED) is 0.871. The first-order valence-electron chi connectivity index (χ1n) is 8.37. The molecule has 0 radical (unpaired) electrons. The molecule has 1 saturated heterocycles. The highest BCUT2D eigenvalue weighted by Crippen LogP contribution is 2.34. The van der Waals surface area contributed by atoms with Gasteiger partial charge in [-0.3, -0.25) is 4.90 Å². The summed E-state index contributed by atoms with van der Waals surface area (Å²) in [5.41, 5.74) is -0.183. The number of carboxylic acid groups (broad SMARTS) is 1. The summed E-state index contributed by atoms with van der Waals surface area (Å²) in [6.07, 6.45) is -2.13. The minimum Gasteiger partial charge on any atom is -0.465 e. The first-order chi connectivity index (χ1) is 11.6. The number of urea groups is 1. The van der Waals surface area contributed by atoms with Crippen molar-refractivity contribution < 1.29 is 24.5 Å². The van der Waals surface area contributed by atoms with Crippen LogP contribution in [0, 0.1) is 5.92 Å². The van der Waals surface area contributed by atoms with Gasteiger partial charge in [0.15, 0.2) is 6.29 Å². The van der Waals surface area contributed by atoms with E-state index in [1.54, 1.807) is 13.8 Å². The number of hydrogen-bond donors (Lipinski definition) is 2. The van der Waals surface area contributed by atoms with Gasteiger partial charge >= 0.3 is 12.1 Å². The van der Waals surface area contributed by atoms with Gasteiger partial charge in [0.1, 0.15) is 5.72 Å². The first kappa shape index (κ1) is 19.2. The van der Waals surface area contributed by atoms with E-state index in [1.807, 2.05) is 44.2 Å². The number of nitrogens with zero attached hydrogens (tertiary/aromatic N) is 2. The third kappa shape index (κ3) is 4.29. The van der Waals surface area contributed by atoms with E-state index in [0.29, 0.717) is 6.42 Å². The van der Waals surface area contributed by atoms with Gasteiger partial charge in [-0.15, -0.1) is 0 Å². The molecule has 2 rings (SSSR count). The molecule has 1 heterocycles. The van der Waals surface area contributed by atoms with Crippen molar-refractivity contribution in [2.45, 2.75) is 52.2 Å². The molecule has 0 bridgehead atoms. The maximum atomic E-state index is 13.0. The second-order valence-electron chi connectivity index (χ2n) is 7.15. The SMILES string of the molecule is CC(C)CN(C(=O)O)C(=O)N1C(Cc2ccccc2)C(O)OC1(C)C. The van der Waals surface area contributed by atoms with Gasteiger partial charge in [-0.25, -0.2) is 14.5 Å². The van der Waals surface area contributed by atoms with Crippen LogP contribution >= 0.6 is 0 Å². The minimum atomic E-state index is -1.31. The lowest BCUT2D eigenvalue weighted by Crippen LogP contribution is -2.56. The largest absolute Gasteiger partial charge is 0.465 e. The van der Waals surface area contributed by atoms with E-state index < -0.39 is 30.2 Å². The summed E-state index contributed by atoms with van der Waals surface area (Å²) in [6.45, 7) is 7.05. The average Bonchev–Trinajstić information content (AvgIpc) is 2.73. The zero-order chi connectivity index (χ0) is 18.8. The van der Waals surface area contributed by atoms with Crippen LogP contribution in [0.5, 0.6) is 0 Å². The number of carbonyl (C=O) groups excluding carboxylic acids is 1. The summed E-state index contributed by atoms with van der Waals surface area (Å²) in [6, 6.07) is 8.07. The van der Waals surface area contributed by atoms with Gasteiger partial charge in [0.05, 0.1) is 6.04 Å². The Morgan fingerprint density at radius 2 is 1.88 bits per heavy atom. The molecule has 2 N–H and O–H groups in total. The van der Waals surface area contributed by atoms with Crippen LogP contribution in [-0.2, 0) is 11.2 Å². The van der Waals surface area contributed by atoms with Crippen LogP contribution in [0.25, 0.3) is 0 Å². The standard InChI is InChI=1S/C18H26N2O5/c1-12(2)11-19(17(23)24)16(22)20-14(15(21)25-18(20,3)4)10-13-8-6-5-7-9-13/h5-9,12,14-15,21H,10-11H2,1-4H3,(H,23,24). The third-order valence-electron chi connectivity index (χ3n) is 4.15. The summed E-state index contributed by atoms with van der Waals surface area (Å²) in [5, 5.41) is 19.8. The molecule has 7 nitrogen and oxygen atoms in total. The van der Waals surface area contributed by atoms with Gasteiger partial charge in [0.25, 0.3) is 0 Å². The smallest absolute Gasteiger partial charge is 0.415 e. The fourth-order valence-corrected chi connectivity index (χ4v) is 3.11. The number of amides is 3. The minimum absolute atomic E-state index is 0.0100. The Kier molecular flexibility index (Phi) is 5.69. The highest BCUT2D eigenvalue weighted by Gasteiger charge is 2.51. The molecular formula is C18H26N2O5. The fourth-order valence-electron chi connectivity index (χ4n) is 3.11. The summed E-state index contributed by atoms with van der Waals surface area (Å²) < 4.78 is 5.54. The maximum Gasteiger partial charge on any atom is 0.415 e. The lowest BCUT2D eigenvalue weighted by atomic mass is 10.0. The van der Waals surface area contributed by atoms with Crippen LogP contribution in [0.15, 0.2) is 30.3 Å². The second kappa shape index (κ2) is 7.41. The van der Waals surface area contributed by atoms with Crippen LogP contribution in [0.3, 0.4) is 0 Å². The van der Waals surface area contributed by atoms with E-state index in [9.17, 15) is 19.8 Å². The van der Waals surface area contributed by atoms with E-state index in [-0.39, 0.29) is 12.5 Å². The zero-order valence-electron chi connectivity index (χ0n) is 15.0. The topological polar surface area (TPSA) is 90.3 Å². The van der Waals surface area contributed by atoms with Gasteiger partial charge < -0.3 is 14.9 Å². The summed E-state index contributed by atoms with van der Waals surface area (Å²) >= 11 is 0. The van der Waals surface area contributed by atoms with Crippen LogP contribution in [-0.4, -0.2) is 56.7 Å². The zero-order valence-corrected chi connectivity index (χ0v) is 15.0. The Morgan fingerprint density at radius 3 is 2.40 bits per heavy atom. The molecule has 1 aliphatic heterocycles. The van der Waals surface area contributed by atoms with E-state index >= 15 is 0 Å². The van der Waals surface area contributed by atoms with E-state index in [0.717, 1.165) is 10.5 Å². The van der Waals surface area contributed by atoms with Crippen molar-refractivity contribution in [2.75, 3.05) is 6.54 Å². The molecule has 138 valence electrons. The van der Waals surface area contributed by atoms with Crippen molar-refractivity contribution in [1.82, 2.24) is 9.80 Å². The number of imide groups is 1. The predicted molar refractivity (Wildman–Crippen MR) is 91.9 cm³/mol. The van der Waals surface area contributed by atoms with Gasteiger partial charge in [0, 0.05) is 6.54 Å². The number of benzene rings is 1. The molecule has 1 aromatic rings. The number of aliphatic hydroxyl groups is 1. The lowest BCUT2D eigenvalue weighted by molar-refractivity contribution is -0.139. The normalized spacial score (nSPS) is 22.2. The van der Waals surface area contributed by atoms with Crippen molar-refractivity contribution in [1.29, 1.82) is 0 Å². The molecule has 2 unspecified atom stereocenters. The van der Waals surface area contributed by atoms with E-state index in [1.165, 1.54) is 4.90 Å². The molecule has 2 atom stereocenters. The van der Waals surface area contributed by atoms with E-state index in [4.69, 9.17) is 4.74 Å². The summed E-state index contributed by atoms with van der Waals surface area (Å²) in [7, 11) is 0. The van der Waals surface area contributed by atoms with Crippen LogP contribution in [0.4, 0.5) is 9.59 Å². The number of carbonyl (C=O) groups is 2. The number of ether oxygens (including phenoxy) is 1. The molecular weight excluding hydrogens is 324 g/mol. The Hall–Kier alpha value is -2.12. The molecule has 7 heteroatoms. The Balaban J connectivity index is 2.31. The highest BCUT2D eigenvalue weighted by molar-refractivity contribution is 5.90. The first-order valence-corrected chi connectivity index (χ1v) is 8.37. The third-order valence-corrected chi connectivity index (χ3v) is 4.15. The Morgan fingerprint density at radius 1 is 1.28 bits per heavy atom. The maximum absolute atomic E-state index is 13.0. The number of hydrogen-bond acceptors (Lipinski definition) is 4. The molecule has 0 saturated carbocycles. The van der Waals surface area contributed by atoms with Crippen LogP contribution in [0.2, 0.25) is 0 Å². The second-order valence-corrected chi connectivity index (χ2v) is 7.15. The Bertz CT molecular complexity index is 617. The molecule has 1 fully saturated rings. The lowest BCUT2D eigenvalue weighted by Gasteiger charge is -2.36. The van der Waals surface area contributed by atoms with Gasteiger partial charge in [-0.1, -0.05) is 44.2 Å². The molecule has 3 amide bonds. The number of rotatable bonds is 4. The van der Waals surface area contributed by atoms with Crippen LogP contribution < -0.4 is 0 Å². The molecule has 0 aliphatic carbocycles. The van der Waals surface area contributed by atoms with Gasteiger partial charge in [-0.05, 0) is 31.7 Å². The average molecular weight is 350 g/mol.